The van der Waals surface area contributed by atoms with E-state index >= 15 is 0 Å². The van der Waals surface area contributed by atoms with Crippen molar-refractivity contribution in [3.8, 4) is 10.7 Å². The zero-order chi connectivity index (χ0) is 20.8. The molecule has 1 aromatic carbocycles. The molecule has 0 fully saturated rings. The number of nitrogens with zero attached hydrogens (tertiary/aromatic N) is 3. The topological polar surface area (TPSA) is 123 Å². The van der Waals surface area contributed by atoms with Gasteiger partial charge in [-0.05, 0) is 18.1 Å². The maximum atomic E-state index is 12.4. The molecule has 0 radical (unpaired) electrons. The fourth-order valence-corrected chi connectivity index (χ4v) is 3.28. The maximum absolute atomic E-state index is 12.4. The first-order valence-corrected chi connectivity index (χ1v) is 9.67. The molecule has 0 unspecified atom stereocenters. The standard InChI is InChI=1S/C19H19N5O4S/c1-11(2)9-22-19(27)24-14(25)10-28-18(26)16-15(20-7-8-21-16)17-23-12-5-3-4-6-13(12)29-17/h3-8,11H,9-10H2,1-2H3,(H2,22,24,25,27). The quantitative estimate of drug-likeness (QED) is 0.595. The van der Waals surface area contributed by atoms with E-state index in [0.29, 0.717) is 11.6 Å². The molecule has 0 saturated heterocycles. The Kier molecular flexibility index (Phi) is 6.45. The highest BCUT2D eigenvalue weighted by molar-refractivity contribution is 7.21. The number of amides is 3. The van der Waals surface area contributed by atoms with E-state index in [-0.39, 0.29) is 17.3 Å². The SMILES string of the molecule is CC(C)CNC(=O)NC(=O)COC(=O)c1nccnc1-c1nc2ccccc2s1. The normalized spacial score (nSPS) is 10.7. The van der Waals surface area contributed by atoms with Crippen LogP contribution in [0.2, 0.25) is 0 Å². The van der Waals surface area contributed by atoms with E-state index in [9.17, 15) is 14.4 Å². The first-order valence-electron chi connectivity index (χ1n) is 8.85. The van der Waals surface area contributed by atoms with Gasteiger partial charge in [-0.2, -0.15) is 0 Å². The van der Waals surface area contributed by atoms with Gasteiger partial charge in [0.15, 0.2) is 12.3 Å². The number of hydrogen-bond donors (Lipinski definition) is 2. The van der Waals surface area contributed by atoms with Gasteiger partial charge in [-0.25, -0.2) is 24.5 Å². The maximum Gasteiger partial charge on any atom is 0.359 e. The Bertz CT molecular complexity index is 1020. The number of urea groups is 1. The van der Waals surface area contributed by atoms with E-state index in [1.165, 1.54) is 23.7 Å². The number of fused-ring (bicyclic) bond motifs is 1. The monoisotopic (exact) mass is 413 g/mol. The molecule has 3 aromatic rings. The Labute approximate surface area is 170 Å². The molecule has 0 spiro atoms. The predicted molar refractivity (Wildman–Crippen MR) is 107 cm³/mol. The molecule has 2 aromatic heterocycles. The second-order valence-corrected chi connectivity index (χ2v) is 7.50. The number of nitrogens with one attached hydrogen (secondary N) is 2. The van der Waals surface area contributed by atoms with Gasteiger partial charge in [-0.1, -0.05) is 26.0 Å². The molecule has 9 nitrogen and oxygen atoms in total. The Balaban J connectivity index is 1.66. The van der Waals surface area contributed by atoms with Gasteiger partial charge >= 0.3 is 12.0 Å². The molecule has 0 aliphatic rings. The van der Waals surface area contributed by atoms with E-state index in [1.54, 1.807) is 0 Å². The number of carbonyl (C=O) groups excluding carboxylic acids is 3. The number of benzene rings is 1. The fourth-order valence-electron chi connectivity index (χ4n) is 2.32. The molecule has 0 aliphatic carbocycles. The third-order valence-corrected chi connectivity index (χ3v) is 4.69. The number of aromatic nitrogens is 3. The summed E-state index contributed by atoms with van der Waals surface area (Å²) in [4.78, 5) is 48.5. The van der Waals surface area contributed by atoms with Crippen molar-refractivity contribution in [3.05, 3.63) is 42.4 Å². The largest absolute Gasteiger partial charge is 0.451 e. The summed E-state index contributed by atoms with van der Waals surface area (Å²) >= 11 is 1.37. The number of para-hydroxylation sites is 1. The van der Waals surface area contributed by atoms with Gasteiger partial charge in [0, 0.05) is 18.9 Å². The number of thiazole rings is 1. The lowest BCUT2D eigenvalue weighted by Crippen LogP contribution is -2.42. The molecule has 29 heavy (non-hydrogen) atoms. The first kappa shape index (κ1) is 20.3. The van der Waals surface area contributed by atoms with Crippen molar-refractivity contribution >= 4 is 39.5 Å². The van der Waals surface area contributed by atoms with Crippen LogP contribution in [0, 0.1) is 5.92 Å². The highest BCUT2D eigenvalue weighted by Gasteiger charge is 2.21. The Morgan fingerprint density at radius 3 is 2.66 bits per heavy atom. The molecule has 2 heterocycles. The summed E-state index contributed by atoms with van der Waals surface area (Å²) in [5.74, 6) is -1.33. The number of esters is 1. The molecule has 3 amide bonds. The molecule has 0 saturated carbocycles. The third kappa shape index (κ3) is 5.32. The zero-order valence-corrected chi connectivity index (χ0v) is 16.7. The minimum Gasteiger partial charge on any atom is -0.451 e. The van der Waals surface area contributed by atoms with E-state index in [2.05, 4.69) is 25.6 Å². The highest BCUT2D eigenvalue weighted by Crippen LogP contribution is 2.30. The van der Waals surface area contributed by atoms with Crippen LogP contribution in [0.1, 0.15) is 24.3 Å². The number of ether oxygens (including phenoxy) is 1. The van der Waals surface area contributed by atoms with Crippen LogP contribution < -0.4 is 10.6 Å². The molecule has 0 atom stereocenters. The van der Waals surface area contributed by atoms with Crippen LogP contribution in [-0.2, 0) is 9.53 Å². The minimum atomic E-state index is -0.829. The number of hydrogen-bond acceptors (Lipinski definition) is 8. The second-order valence-electron chi connectivity index (χ2n) is 6.47. The zero-order valence-electron chi connectivity index (χ0n) is 15.8. The van der Waals surface area contributed by atoms with Crippen molar-refractivity contribution < 1.29 is 19.1 Å². The molecular formula is C19H19N5O4S. The van der Waals surface area contributed by atoms with Crippen LogP contribution in [0.3, 0.4) is 0 Å². The van der Waals surface area contributed by atoms with E-state index < -0.39 is 24.5 Å². The van der Waals surface area contributed by atoms with E-state index in [1.807, 2.05) is 38.1 Å². The summed E-state index contributed by atoms with van der Waals surface area (Å²) in [6, 6.07) is 6.90. The summed E-state index contributed by atoms with van der Waals surface area (Å²) in [6.07, 6.45) is 2.80. The van der Waals surface area contributed by atoms with Crippen LogP contribution >= 0.6 is 11.3 Å². The van der Waals surface area contributed by atoms with Crippen molar-refractivity contribution in [2.75, 3.05) is 13.2 Å². The summed E-state index contributed by atoms with van der Waals surface area (Å²) in [5, 5.41) is 5.15. The van der Waals surface area contributed by atoms with Crippen molar-refractivity contribution in [2.24, 2.45) is 5.92 Å². The lowest BCUT2D eigenvalue weighted by molar-refractivity contribution is -0.123. The fraction of sp³-hybridized carbons (Fsp3) is 0.263. The van der Waals surface area contributed by atoms with Gasteiger partial charge in [0.05, 0.1) is 10.2 Å². The Hall–Kier alpha value is -3.40. The van der Waals surface area contributed by atoms with Gasteiger partial charge in [0.1, 0.15) is 10.7 Å². The number of imide groups is 1. The van der Waals surface area contributed by atoms with Crippen LogP contribution in [0.4, 0.5) is 4.79 Å². The van der Waals surface area contributed by atoms with Gasteiger partial charge < -0.3 is 10.1 Å². The molecule has 150 valence electrons. The second kappa shape index (κ2) is 9.20. The number of carbonyl (C=O) groups is 3. The van der Waals surface area contributed by atoms with Crippen molar-refractivity contribution in [1.82, 2.24) is 25.6 Å². The average molecular weight is 413 g/mol. The van der Waals surface area contributed by atoms with Gasteiger partial charge in [-0.15, -0.1) is 11.3 Å². The van der Waals surface area contributed by atoms with Crippen LogP contribution in [0.25, 0.3) is 20.9 Å². The molecule has 3 rings (SSSR count). The molecule has 0 aliphatic heterocycles. The first-order chi connectivity index (χ1) is 13.9. The van der Waals surface area contributed by atoms with Crippen molar-refractivity contribution in [1.29, 1.82) is 0 Å². The van der Waals surface area contributed by atoms with E-state index in [4.69, 9.17) is 4.74 Å². The van der Waals surface area contributed by atoms with Gasteiger partial charge in [0.25, 0.3) is 5.91 Å². The van der Waals surface area contributed by atoms with Crippen LogP contribution in [0.5, 0.6) is 0 Å². The molecule has 10 heteroatoms. The molecule has 2 N–H and O–H groups in total. The smallest absolute Gasteiger partial charge is 0.359 e. The third-order valence-electron chi connectivity index (χ3n) is 3.65. The highest BCUT2D eigenvalue weighted by atomic mass is 32.1. The minimum absolute atomic E-state index is 0.0522. The summed E-state index contributed by atoms with van der Waals surface area (Å²) in [7, 11) is 0. The van der Waals surface area contributed by atoms with Crippen LogP contribution in [0.15, 0.2) is 36.7 Å². The summed E-state index contributed by atoms with van der Waals surface area (Å²) in [5.41, 5.74) is 1.00. The summed E-state index contributed by atoms with van der Waals surface area (Å²) < 4.78 is 5.94. The molecular weight excluding hydrogens is 394 g/mol. The molecule has 0 bridgehead atoms. The summed E-state index contributed by atoms with van der Waals surface area (Å²) in [6.45, 7) is 3.65. The Morgan fingerprint density at radius 1 is 1.14 bits per heavy atom. The van der Waals surface area contributed by atoms with Crippen molar-refractivity contribution in [3.63, 3.8) is 0 Å². The van der Waals surface area contributed by atoms with Gasteiger partial charge in [-0.3, -0.25) is 10.1 Å². The predicted octanol–water partition coefficient (Wildman–Crippen LogP) is 2.39. The lowest BCUT2D eigenvalue weighted by atomic mass is 10.2. The van der Waals surface area contributed by atoms with E-state index in [0.717, 1.165) is 10.2 Å². The van der Waals surface area contributed by atoms with Crippen LogP contribution in [-0.4, -0.2) is 46.0 Å². The number of rotatable bonds is 6. The van der Waals surface area contributed by atoms with Gasteiger partial charge in [0.2, 0.25) is 0 Å². The lowest BCUT2D eigenvalue weighted by Gasteiger charge is -2.09. The Morgan fingerprint density at radius 2 is 1.90 bits per heavy atom. The average Bonchev–Trinajstić information content (AvgIpc) is 3.14. The van der Waals surface area contributed by atoms with Crippen molar-refractivity contribution in [2.45, 2.75) is 13.8 Å².